The number of hydrogen-bond donors (Lipinski definition) is 0. The fraction of sp³-hybridized carbons (Fsp3) is 0.500. The Morgan fingerprint density at radius 3 is 2.71 bits per heavy atom. The third-order valence-electron chi connectivity index (χ3n) is 4.03. The first-order valence-corrected chi connectivity index (χ1v) is 7.80. The molecule has 21 heavy (non-hydrogen) atoms. The molecule has 3 heterocycles. The number of aromatic nitrogens is 4. The smallest absolute Gasteiger partial charge is 0.328 e. The van der Waals surface area contributed by atoms with Crippen LogP contribution in [0.3, 0.4) is 0 Å². The van der Waals surface area contributed by atoms with E-state index in [4.69, 9.17) is 0 Å². The van der Waals surface area contributed by atoms with Crippen molar-refractivity contribution in [3.63, 3.8) is 0 Å². The van der Waals surface area contributed by atoms with Gasteiger partial charge >= 0.3 is 22.2 Å². The summed E-state index contributed by atoms with van der Waals surface area (Å²) in [5.74, 6) is 1.51. The average molecular weight is 299 g/mol. The molecule has 0 unspecified atom stereocenters. The molecule has 2 aromatic rings. The van der Waals surface area contributed by atoms with Gasteiger partial charge in [0.05, 0.1) is 0 Å². The van der Waals surface area contributed by atoms with Gasteiger partial charge in [0.25, 0.3) is 0 Å². The molecule has 0 spiro atoms. The molecule has 0 aromatic carbocycles. The van der Waals surface area contributed by atoms with Crippen LogP contribution in [0.15, 0.2) is 17.1 Å². The second-order valence-electron chi connectivity index (χ2n) is 5.29. The first-order valence-electron chi connectivity index (χ1n) is 7.28. The third kappa shape index (κ3) is 2.12. The van der Waals surface area contributed by atoms with Gasteiger partial charge in [0.1, 0.15) is 17.0 Å². The summed E-state index contributed by atoms with van der Waals surface area (Å²) in [5.41, 5.74) is 1.41. The highest BCUT2D eigenvalue weighted by molar-refractivity contribution is 6.11. The summed E-state index contributed by atoms with van der Waals surface area (Å²) in [6.45, 7) is 6.76. The molecule has 1 aliphatic heterocycles. The lowest BCUT2D eigenvalue weighted by atomic mass is 10.1. The van der Waals surface area contributed by atoms with E-state index >= 15 is 0 Å². The molecular weight excluding hydrogens is 281 g/mol. The van der Waals surface area contributed by atoms with Crippen LogP contribution in [-0.4, -0.2) is 40.6 Å². The van der Waals surface area contributed by atoms with E-state index < -0.39 is 0 Å². The van der Waals surface area contributed by atoms with Crippen molar-refractivity contribution in [3.8, 4) is 0 Å². The van der Waals surface area contributed by atoms with Gasteiger partial charge in [-0.3, -0.25) is 9.36 Å². The number of imidazole rings is 1. The van der Waals surface area contributed by atoms with Crippen LogP contribution in [0.2, 0.25) is 0 Å². The Balaban J connectivity index is 2.36. The minimum Gasteiger partial charge on any atom is -0.391 e. The summed E-state index contributed by atoms with van der Waals surface area (Å²) in [7, 11) is 0. The van der Waals surface area contributed by atoms with Crippen LogP contribution in [0.25, 0.3) is 11.2 Å². The largest absolute Gasteiger partial charge is 0.391 e. The van der Waals surface area contributed by atoms with E-state index in [1.807, 2.05) is 13.0 Å². The Morgan fingerprint density at radius 2 is 2.05 bits per heavy atom. The summed E-state index contributed by atoms with van der Waals surface area (Å²) < 4.78 is 3.26. The molecule has 0 saturated heterocycles. The lowest BCUT2D eigenvalue weighted by Crippen LogP contribution is -2.30. The number of nitrogens with zero attached hydrogens (tertiary/aromatic N) is 5. The Labute approximate surface area is 131 Å². The fourth-order valence-electron chi connectivity index (χ4n) is 2.93. The van der Waals surface area contributed by atoms with Gasteiger partial charge in [-0.05, 0) is 25.8 Å². The van der Waals surface area contributed by atoms with Crippen molar-refractivity contribution < 1.29 is 0 Å². The van der Waals surface area contributed by atoms with Crippen molar-refractivity contribution in [1.29, 1.82) is 0 Å². The van der Waals surface area contributed by atoms with Gasteiger partial charge in [-0.1, -0.05) is 13.8 Å². The minimum atomic E-state index is -0.0767. The van der Waals surface area contributed by atoms with E-state index in [-0.39, 0.29) is 5.69 Å². The summed E-state index contributed by atoms with van der Waals surface area (Å²) in [6.07, 6.45) is 6.12. The first kappa shape index (κ1) is 14.4. The molecule has 0 N–H and O–H groups in total. The SMILES string of the molecule is CCC(CC)N1C=CCn2c(=O)[n]([Al])c3nc(C)nc1c32. The highest BCUT2D eigenvalue weighted by Crippen LogP contribution is 2.28. The lowest BCUT2D eigenvalue weighted by Gasteiger charge is -2.28. The van der Waals surface area contributed by atoms with E-state index in [0.717, 1.165) is 24.2 Å². The van der Waals surface area contributed by atoms with Crippen molar-refractivity contribution in [2.24, 2.45) is 0 Å². The molecular formula is C14H18AlN5O. The zero-order valence-electron chi connectivity index (χ0n) is 12.6. The van der Waals surface area contributed by atoms with Crippen LogP contribution in [0.1, 0.15) is 32.5 Å². The zero-order chi connectivity index (χ0) is 15.1. The molecule has 0 aliphatic carbocycles. The van der Waals surface area contributed by atoms with E-state index in [1.54, 1.807) is 4.57 Å². The molecule has 1 aliphatic rings. The lowest BCUT2D eigenvalue weighted by molar-refractivity contribution is 0.603. The number of allylic oxidation sites excluding steroid dienone is 1. The standard InChI is InChI=1S/C14H19N5O.Al/c1-4-10(5-2)18-7-6-8-19-11-12(17-14(19)20)15-9(3)16-13(11)18;/h6-7,10H,4-5,8H2,1-3H3,(H,15,16,17,20);/q;+1/p-1. The van der Waals surface area contributed by atoms with Gasteiger partial charge in [0.2, 0.25) is 0 Å². The molecule has 0 bridgehead atoms. The zero-order valence-corrected chi connectivity index (χ0v) is 13.7. The van der Waals surface area contributed by atoms with Gasteiger partial charge in [-0.25, -0.2) is 9.97 Å². The molecule has 0 amide bonds. The molecule has 108 valence electrons. The van der Waals surface area contributed by atoms with Crippen molar-refractivity contribution in [1.82, 2.24) is 18.1 Å². The van der Waals surface area contributed by atoms with E-state index in [0.29, 0.717) is 24.1 Å². The molecule has 0 fully saturated rings. The second kappa shape index (κ2) is 5.32. The average Bonchev–Trinajstić information content (AvgIpc) is 2.64. The van der Waals surface area contributed by atoms with Crippen molar-refractivity contribution >= 4 is 33.5 Å². The van der Waals surface area contributed by atoms with Crippen molar-refractivity contribution in [3.05, 3.63) is 28.6 Å². The number of anilines is 1. The number of hydrogen-bond acceptors (Lipinski definition) is 4. The quantitative estimate of drug-likeness (QED) is 0.803. The Hall–Kier alpha value is -1.58. The molecule has 2 radical (unpaired) electrons. The molecule has 0 atom stereocenters. The predicted octanol–water partition coefficient (Wildman–Crippen LogP) is 1.36. The Bertz CT molecular complexity index is 772. The van der Waals surface area contributed by atoms with E-state index in [9.17, 15) is 4.79 Å². The molecule has 7 heteroatoms. The molecule has 3 rings (SSSR count). The van der Waals surface area contributed by atoms with Crippen LogP contribution in [0, 0.1) is 6.92 Å². The maximum absolute atomic E-state index is 12.4. The molecule has 2 aromatic heterocycles. The van der Waals surface area contributed by atoms with Gasteiger partial charge in [0, 0.05) is 18.8 Å². The van der Waals surface area contributed by atoms with Gasteiger partial charge in [-0.15, -0.1) is 0 Å². The van der Waals surface area contributed by atoms with Crippen molar-refractivity contribution in [2.75, 3.05) is 4.90 Å². The van der Waals surface area contributed by atoms with Crippen LogP contribution in [-0.2, 0) is 6.54 Å². The maximum Gasteiger partial charge on any atom is 0.328 e. The third-order valence-corrected chi connectivity index (χ3v) is 4.49. The highest BCUT2D eigenvalue weighted by atomic mass is 27.1. The first-order chi connectivity index (χ1) is 10.1. The minimum absolute atomic E-state index is 0.0767. The molecule has 0 saturated carbocycles. The predicted molar refractivity (Wildman–Crippen MR) is 83.7 cm³/mol. The van der Waals surface area contributed by atoms with Gasteiger partial charge in [0.15, 0.2) is 5.82 Å². The van der Waals surface area contributed by atoms with Gasteiger partial charge < -0.3 is 8.45 Å². The van der Waals surface area contributed by atoms with Crippen molar-refractivity contribution in [2.45, 2.75) is 46.2 Å². The summed E-state index contributed by atoms with van der Waals surface area (Å²) in [6, 6.07) is 0.369. The highest BCUT2D eigenvalue weighted by Gasteiger charge is 2.24. The summed E-state index contributed by atoms with van der Waals surface area (Å²) >= 11 is 2.45. The van der Waals surface area contributed by atoms with E-state index in [2.05, 4.69) is 51.4 Å². The fourth-order valence-corrected chi connectivity index (χ4v) is 3.25. The van der Waals surface area contributed by atoms with Crippen LogP contribution >= 0.6 is 0 Å². The Kier molecular flexibility index (Phi) is 3.64. The summed E-state index contributed by atoms with van der Waals surface area (Å²) in [5, 5.41) is 0. The van der Waals surface area contributed by atoms with Crippen LogP contribution in [0.4, 0.5) is 5.82 Å². The topological polar surface area (TPSA) is 56.0 Å². The normalized spacial score (nSPS) is 14.2. The summed E-state index contributed by atoms with van der Waals surface area (Å²) in [4.78, 5) is 23.6. The number of aryl methyl sites for hydroxylation is 1. The molecule has 6 nitrogen and oxygen atoms in total. The maximum atomic E-state index is 12.4. The van der Waals surface area contributed by atoms with Crippen LogP contribution < -0.4 is 10.6 Å². The van der Waals surface area contributed by atoms with Gasteiger partial charge in [-0.2, -0.15) is 0 Å². The van der Waals surface area contributed by atoms with Crippen LogP contribution in [0.5, 0.6) is 0 Å². The number of rotatable bonds is 3. The second-order valence-corrected chi connectivity index (χ2v) is 5.81. The van der Waals surface area contributed by atoms with E-state index in [1.165, 1.54) is 3.55 Å². The monoisotopic (exact) mass is 299 g/mol. The Morgan fingerprint density at radius 1 is 1.33 bits per heavy atom.